The Kier molecular flexibility index (Phi) is 6.52. The summed E-state index contributed by atoms with van der Waals surface area (Å²) in [6.07, 6.45) is 3.74. The van der Waals surface area contributed by atoms with Crippen LogP contribution in [0.15, 0.2) is 42.6 Å². The van der Waals surface area contributed by atoms with Gasteiger partial charge < -0.3 is 19.9 Å². The molecule has 1 aromatic carbocycles. The van der Waals surface area contributed by atoms with Gasteiger partial charge in [-0.1, -0.05) is 13.3 Å². The maximum atomic E-state index is 12.1. The lowest BCUT2D eigenvalue weighted by Gasteiger charge is -2.36. The fourth-order valence-corrected chi connectivity index (χ4v) is 3.17. The molecule has 1 amide bonds. The van der Waals surface area contributed by atoms with E-state index in [2.05, 4.69) is 39.2 Å². The second-order valence-electron chi connectivity index (χ2n) is 6.69. The largest absolute Gasteiger partial charge is 0.497 e. The summed E-state index contributed by atoms with van der Waals surface area (Å²) in [6.45, 7) is 6.50. The zero-order valence-electron chi connectivity index (χ0n) is 16.1. The van der Waals surface area contributed by atoms with Crippen molar-refractivity contribution in [3.63, 3.8) is 0 Å². The molecule has 144 valence electrons. The number of hydrogen-bond donors (Lipinski definition) is 1. The van der Waals surface area contributed by atoms with Gasteiger partial charge in [-0.15, -0.1) is 0 Å². The van der Waals surface area contributed by atoms with E-state index in [0.29, 0.717) is 12.1 Å². The number of benzene rings is 1. The predicted octanol–water partition coefficient (Wildman–Crippen LogP) is 2.95. The van der Waals surface area contributed by atoms with Gasteiger partial charge in [-0.2, -0.15) is 0 Å². The molecule has 6 nitrogen and oxygen atoms in total. The number of pyridine rings is 1. The molecule has 0 unspecified atom stereocenters. The molecule has 3 rings (SSSR count). The molecule has 0 saturated carbocycles. The Labute approximate surface area is 161 Å². The van der Waals surface area contributed by atoms with Gasteiger partial charge in [-0.25, -0.2) is 4.98 Å². The summed E-state index contributed by atoms with van der Waals surface area (Å²) in [7, 11) is 1.68. The highest BCUT2D eigenvalue weighted by Crippen LogP contribution is 2.22. The Morgan fingerprint density at radius 2 is 1.78 bits per heavy atom. The van der Waals surface area contributed by atoms with Gasteiger partial charge in [-0.3, -0.25) is 4.79 Å². The van der Waals surface area contributed by atoms with E-state index in [0.717, 1.165) is 50.6 Å². The number of ether oxygens (including phenoxy) is 1. The number of nitrogens with one attached hydrogen (secondary N) is 1. The van der Waals surface area contributed by atoms with Crippen molar-refractivity contribution in [2.45, 2.75) is 19.8 Å². The van der Waals surface area contributed by atoms with Gasteiger partial charge in [0.1, 0.15) is 11.6 Å². The van der Waals surface area contributed by atoms with Crippen LogP contribution < -0.4 is 19.9 Å². The van der Waals surface area contributed by atoms with E-state index < -0.39 is 0 Å². The zero-order valence-corrected chi connectivity index (χ0v) is 16.1. The summed E-state index contributed by atoms with van der Waals surface area (Å²) in [5.74, 6) is 1.75. The molecule has 1 N–H and O–H groups in total. The third kappa shape index (κ3) is 4.90. The summed E-state index contributed by atoms with van der Waals surface area (Å²) >= 11 is 0. The Bertz CT molecular complexity index is 723. The van der Waals surface area contributed by atoms with Crippen LogP contribution in [-0.2, 0) is 0 Å². The topological polar surface area (TPSA) is 57.7 Å². The highest BCUT2D eigenvalue weighted by Gasteiger charge is 2.18. The minimum Gasteiger partial charge on any atom is -0.497 e. The van der Waals surface area contributed by atoms with Crippen molar-refractivity contribution in [1.82, 2.24) is 10.3 Å². The standard InChI is InChI=1S/C21H28N4O2/c1-3-4-11-22-21(26)17-5-10-20(23-16-17)25-14-12-24(13-15-25)18-6-8-19(27-2)9-7-18/h5-10,16H,3-4,11-15H2,1-2H3,(H,22,26). The lowest BCUT2D eigenvalue weighted by molar-refractivity contribution is 0.0953. The number of aromatic nitrogens is 1. The SMILES string of the molecule is CCCCNC(=O)c1ccc(N2CCN(c3ccc(OC)cc3)CC2)nc1. The molecule has 0 bridgehead atoms. The Morgan fingerprint density at radius 1 is 1.07 bits per heavy atom. The molecule has 2 aromatic rings. The van der Waals surface area contributed by atoms with Crippen LogP contribution in [-0.4, -0.2) is 50.7 Å². The number of carbonyl (C=O) groups is 1. The summed E-state index contributed by atoms with van der Waals surface area (Å²) < 4.78 is 5.22. The van der Waals surface area contributed by atoms with Gasteiger partial charge in [-0.05, 0) is 42.8 Å². The quantitative estimate of drug-likeness (QED) is 0.762. The van der Waals surface area contributed by atoms with Crippen LogP contribution in [0.2, 0.25) is 0 Å². The number of nitrogens with zero attached hydrogens (tertiary/aromatic N) is 3. The normalized spacial score (nSPS) is 14.1. The molecule has 0 atom stereocenters. The van der Waals surface area contributed by atoms with Crippen molar-refractivity contribution in [3.8, 4) is 5.75 Å². The van der Waals surface area contributed by atoms with Crippen molar-refractivity contribution >= 4 is 17.4 Å². The van der Waals surface area contributed by atoms with Gasteiger partial charge in [0.15, 0.2) is 0 Å². The number of amides is 1. The first kappa shape index (κ1) is 19.0. The van der Waals surface area contributed by atoms with Crippen molar-refractivity contribution in [2.24, 2.45) is 0 Å². The zero-order chi connectivity index (χ0) is 19.1. The lowest BCUT2D eigenvalue weighted by Crippen LogP contribution is -2.46. The van der Waals surface area contributed by atoms with Crippen molar-refractivity contribution in [1.29, 1.82) is 0 Å². The van der Waals surface area contributed by atoms with E-state index in [9.17, 15) is 4.79 Å². The number of rotatable bonds is 7. The van der Waals surface area contributed by atoms with Gasteiger partial charge in [0.25, 0.3) is 5.91 Å². The first-order valence-corrected chi connectivity index (χ1v) is 9.59. The summed E-state index contributed by atoms with van der Waals surface area (Å²) in [4.78, 5) is 21.2. The van der Waals surface area contributed by atoms with Crippen molar-refractivity contribution in [3.05, 3.63) is 48.2 Å². The van der Waals surface area contributed by atoms with E-state index in [1.165, 1.54) is 5.69 Å². The second-order valence-corrected chi connectivity index (χ2v) is 6.69. The highest BCUT2D eigenvalue weighted by atomic mass is 16.5. The van der Waals surface area contributed by atoms with Gasteiger partial charge in [0.05, 0.1) is 12.7 Å². The summed E-state index contributed by atoms with van der Waals surface area (Å²) in [6, 6.07) is 12.0. The molecular formula is C21H28N4O2. The third-order valence-electron chi connectivity index (χ3n) is 4.87. The number of unbranched alkanes of at least 4 members (excludes halogenated alkanes) is 1. The molecule has 0 spiro atoms. The Morgan fingerprint density at radius 3 is 2.37 bits per heavy atom. The van der Waals surface area contributed by atoms with E-state index in [-0.39, 0.29) is 5.91 Å². The highest BCUT2D eigenvalue weighted by molar-refractivity contribution is 5.94. The van der Waals surface area contributed by atoms with E-state index in [4.69, 9.17) is 4.74 Å². The van der Waals surface area contributed by atoms with Crippen LogP contribution >= 0.6 is 0 Å². The molecule has 2 heterocycles. The lowest BCUT2D eigenvalue weighted by atomic mass is 10.2. The monoisotopic (exact) mass is 368 g/mol. The van der Waals surface area contributed by atoms with Crippen molar-refractivity contribution in [2.75, 3.05) is 49.6 Å². The van der Waals surface area contributed by atoms with E-state index >= 15 is 0 Å². The molecule has 27 heavy (non-hydrogen) atoms. The first-order chi connectivity index (χ1) is 13.2. The molecule has 6 heteroatoms. The molecule has 1 saturated heterocycles. The van der Waals surface area contributed by atoms with Gasteiger partial charge in [0, 0.05) is 44.6 Å². The van der Waals surface area contributed by atoms with E-state index in [1.54, 1.807) is 13.3 Å². The molecule has 1 fully saturated rings. The van der Waals surface area contributed by atoms with Crippen LogP contribution in [0, 0.1) is 0 Å². The minimum absolute atomic E-state index is 0.0492. The predicted molar refractivity (Wildman–Crippen MR) is 109 cm³/mol. The number of piperazine rings is 1. The smallest absolute Gasteiger partial charge is 0.252 e. The van der Waals surface area contributed by atoms with Crippen LogP contribution in [0.5, 0.6) is 5.75 Å². The van der Waals surface area contributed by atoms with Crippen molar-refractivity contribution < 1.29 is 9.53 Å². The van der Waals surface area contributed by atoms with Crippen LogP contribution in [0.1, 0.15) is 30.1 Å². The molecule has 1 aromatic heterocycles. The maximum absolute atomic E-state index is 12.1. The van der Waals surface area contributed by atoms with Gasteiger partial charge >= 0.3 is 0 Å². The second kappa shape index (κ2) is 9.26. The number of anilines is 2. The Hall–Kier alpha value is -2.76. The third-order valence-corrected chi connectivity index (χ3v) is 4.87. The average Bonchev–Trinajstić information content (AvgIpc) is 2.74. The summed E-state index contributed by atoms with van der Waals surface area (Å²) in [5, 5.41) is 2.92. The molecule has 0 radical (unpaired) electrons. The van der Waals surface area contributed by atoms with E-state index in [1.807, 2.05) is 24.3 Å². The Balaban J connectivity index is 1.53. The fourth-order valence-electron chi connectivity index (χ4n) is 3.17. The van der Waals surface area contributed by atoms with Crippen LogP contribution in [0.25, 0.3) is 0 Å². The molecule has 1 aliphatic rings. The van der Waals surface area contributed by atoms with Crippen LogP contribution in [0.3, 0.4) is 0 Å². The first-order valence-electron chi connectivity index (χ1n) is 9.59. The maximum Gasteiger partial charge on any atom is 0.252 e. The molecule has 0 aliphatic carbocycles. The number of carbonyl (C=O) groups excluding carboxylic acids is 1. The van der Waals surface area contributed by atoms with Crippen LogP contribution in [0.4, 0.5) is 11.5 Å². The average molecular weight is 368 g/mol. The summed E-state index contributed by atoms with van der Waals surface area (Å²) in [5.41, 5.74) is 1.83. The number of hydrogen-bond acceptors (Lipinski definition) is 5. The minimum atomic E-state index is -0.0492. The van der Waals surface area contributed by atoms with Gasteiger partial charge in [0.2, 0.25) is 0 Å². The molecular weight excluding hydrogens is 340 g/mol. The number of methoxy groups -OCH3 is 1. The fraction of sp³-hybridized carbons (Fsp3) is 0.429. The molecule has 1 aliphatic heterocycles.